The van der Waals surface area contributed by atoms with Crippen molar-refractivity contribution in [3.8, 4) is 0 Å². The van der Waals surface area contributed by atoms with Gasteiger partial charge in [-0.05, 0) is 24.3 Å². The third kappa shape index (κ3) is 2.76. The highest BCUT2D eigenvalue weighted by molar-refractivity contribution is 5.90. The van der Waals surface area contributed by atoms with Gasteiger partial charge in [0.15, 0.2) is 12.0 Å². The molecule has 118 valence electrons. The van der Waals surface area contributed by atoms with E-state index in [0.717, 1.165) is 11.4 Å². The monoisotopic (exact) mass is 307 g/mol. The van der Waals surface area contributed by atoms with Crippen LogP contribution in [0.2, 0.25) is 0 Å². The zero-order valence-electron chi connectivity index (χ0n) is 12.1. The lowest BCUT2D eigenvalue weighted by Gasteiger charge is -2.30. The highest BCUT2D eigenvalue weighted by atomic mass is 19.1. The van der Waals surface area contributed by atoms with Gasteiger partial charge in [0.25, 0.3) is 0 Å². The number of hydrogen-bond donors (Lipinski definition) is 1. The van der Waals surface area contributed by atoms with Crippen LogP contribution in [-0.2, 0) is 9.53 Å². The van der Waals surface area contributed by atoms with Crippen molar-refractivity contribution in [2.24, 2.45) is 5.73 Å². The molecule has 2 N–H and O–H groups in total. The Morgan fingerprint density at radius 1 is 1.18 bits per heavy atom. The molecule has 3 rings (SSSR count). The largest absolute Gasteiger partial charge is 0.443 e. The Kier molecular flexibility index (Phi) is 3.98. The van der Waals surface area contributed by atoms with Gasteiger partial charge in [0.2, 0.25) is 0 Å². The highest BCUT2D eigenvalue weighted by Crippen LogP contribution is 2.26. The first-order chi connectivity index (χ1) is 10.6. The Labute approximate surface area is 127 Å². The number of alkyl halides is 1. The predicted molar refractivity (Wildman–Crippen MR) is 79.8 cm³/mol. The number of hydrogen-bond acceptors (Lipinski definition) is 5. The molecule has 2 heterocycles. The maximum atomic E-state index is 13.5. The van der Waals surface area contributed by atoms with Gasteiger partial charge in [0.05, 0.1) is 13.1 Å². The van der Waals surface area contributed by atoms with Gasteiger partial charge in [0.1, 0.15) is 6.10 Å². The summed E-state index contributed by atoms with van der Waals surface area (Å²) in [5.41, 5.74) is 7.06. The maximum absolute atomic E-state index is 13.5. The molecule has 2 saturated heterocycles. The zero-order valence-corrected chi connectivity index (χ0v) is 12.1. The molecule has 1 unspecified atom stereocenters. The maximum Gasteiger partial charge on any atom is 0.414 e. The van der Waals surface area contributed by atoms with Gasteiger partial charge < -0.3 is 15.4 Å². The first-order valence-electron chi connectivity index (χ1n) is 7.28. The molecule has 1 aromatic carbocycles. The summed E-state index contributed by atoms with van der Waals surface area (Å²) in [4.78, 5) is 26.3. The van der Waals surface area contributed by atoms with E-state index in [-0.39, 0.29) is 24.9 Å². The molecule has 2 atom stereocenters. The van der Waals surface area contributed by atoms with Gasteiger partial charge in [-0.15, -0.1) is 0 Å². The summed E-state index contributed by atoms with van der Waals surface area (Å²) in [7, 11) is 0. The van der Waals surface area contributed by atoms with Crippen molar-refractivity contribution >= 4 is 23.3 Å². The fraction of sp³-hybridized carbons (Fsp3) is 0.467. The lowest BCUT2D eigenvalue weighted by Crippen LogP contribution is -2.42. The zero-order chi connectivity index (χ0) is 15.7. The Hall–Kier alpha value is -2.15. The molecule has 0 aromatic heterocycles. The van der Waals surface area contributed by atoms with Gasteiger partial charge in [-0.3, -0.25) is 9.69 Å². The number of carbonyl (C=O) groups is 2. The minimum Gasteiger partial charge on any atom is -0.443 e. The second kappa shape index (κ2) is 5.92. The van der Waals surface area contributed by atoms with Crippen LogP contribution in [0.1, 0.15) is 6.42 Å². The van der Waals surface area contributed by atoms with E-state index in [2.05, 4.69) is 0 Å². The number of nitrogens with zero attached hydrogens (tertiary/aromatic N) is 2. The Balaban J connectivity index is 1.71. The Bertz CT molecular complexity index is 578. The number of halogens is 1. The number of benzene rings is 1. The normalized spacial score (nSPS) is 25.5. The van der Waals surface area contributed by atoms with E-state index in [4.69, 9.17) is 10.5 Å². The van der Waals surface area contributed by atoms with Crippen molar-refractivity contribution in [2.75, 3.05) is 36.0 Å². The van der Waals surface area contributed by atoms with Gasteiger partial charge in [-0.25, -0.2) is 9.18 Å². The van der Waals surface area contributed by atoms with Gasteiger partial charge in [-0.2, -0.15) is 0 Å². The quantitative estimate of drug-likeness (QED) is 0.904. The molecule has 22 heavy (non-hydrogen) atoms. The van der Waals surface area contributed by atoms with Crippen molar-refractivity contribution in [3.05, 3.63) is 24.3 Å². The molecular formula is C15H18FN3O3. The number of ether oxygens (including phenoxy) is 1. The van der Waals surface area contributed by atoms with E-state index >= 15 is 0 Å². The van der Waals surface area contributed by atoms with Crippen molar-refractivity contribution < 1.29 is 18.7 Å². The summed E-state index contributed by atoms with van der Waals surface area (Å²) >= 11 is 0. The second-order valence-corrected chi connectivity index (χ2v) is 5.50. The number of nitrogens with two attached hydrogens (primary N) is 1. The fourth-order valence-corrected chi connectivity index (χ4v) is 2.72. The summed E-state index contributed by atoms with van der Waals surface area (Å²) in [6.45, 7) is 1.32. The number of ketones is 1. The van der Waals surface area contributed by atoms with Crippen LogP contribution in [0.5, 0.6) is 0 Å². The van der Waals surface area contributed by atoms with E-state index in [1.165, 1.54) is 4.90 Å². The fourth-order valence-electron chi connectivity index (χ4n) is 2.72. The van der Waals surface area contributed by atoms with Gasteiger partial charge in [-0.1, -0.05) is 0 Å². The minimum absolute atomic E-state index is 0.0825. The number of carbonyl (C=O) groups excluding carboxylic acids is 2. The van der Waals surface area contributed by atoms with Gasteiger partial charge >= 0.3 is 6.09 Å². The molecule has 0 saturated carbocycles. The number of anilines is 2. The van der Waals surface area contributed by atoms with Crippen molar-refractivity contribution in [2.45, 2.75) is 18.7 Å². The first kappa shape index (κ1) is 14.8. The van der Waals surface area contributed by atoms with Crippen LogP contribution in [0, 0.1) is 0 Å². The average molecular weight is 307 g/mol. The van der Waals surface area contributed by atoms with Crippen LogP contribution in [0.15, 0.2) is 24.3 Å². The summed E-state index contributed by atoms with van der Waals surface area (Å²) in [6.07, 6.45) is -1.89. The number of amides is 1. The number of rotatable bonds is 3. The first-order valence-corrected chi connectivity index (χ1v) is 7.28. The Morgan fingerprint density at radius 2 is 1.86 bits per heavy atom. The third-order valence-corrected chi connectivity index (χ3v) is 4.02. The SMILES string of the molecule is NCC1CN(c2ccc(N3CCC(=O)[C@@H](F)C3)cc2)C(=O)O1. The molecular weight excluding hydrogens is 289 g/mol. The summed E-state index contributed by atoms with van der Waals surface area (Å²) < 4.78 is 18.6. The van der Waals surface area contributed by atoms with E-state index in [1.807, 2.05) is 17.0 Å². The molecule has 1 aromatic rings. The summed E-state index contributed by atoms with van der Waals surface area (Å²) in [6, 6.07) is 7.22. The molecule has 2 aliphatic rings. The van der Waals surface area contributed by atoms with Crippen molar-refractivity contribution in [1.29, 1.82) is 0 Å². The Morgan fingerprint density at radius 3 is 2.45 bits per heavy atom. The molecule has 2 fully saturated rings. The number of cyclic esters (lactones) is 1. The lowest BCUT2D eigenvalue weighted by molar-refractivity contribution is -0.124. The molecule has 2 aliphatic heterocycles. The second-order valence-electron chi connectivity index (χ2n) is 5.50. The van der Waals surface area contributed by atoms with Crippen LogP contribution in [0.4, 0.5) is 20.6 Å². The van der Waals surface area contributed by atoms with E-state index in [9.17, 15) is 14.0 Å². The predicted octanol–water partition coefficient (Wildman–Crippen LogP) is 1.09. The average Bonchev–Trinajstić information content (AvgIpc) is 2.91. The van der Waals surface area contributed by atoms with E-state index in [1.54, 1.807) is 12.1 Å². The number of piperidine rings is 1. The molecule has 0 bridgehead atoms. The summed E-state index contributed by atoms with van der Waals surface area (Å²) in [5, 5.41) is 0. The smallest absolute Gasteiger partial charge is 0.414 e. The number of Topliss-reactive ketones (excluding diaryl/α,β-unsaturated/α-hetero) is 1. The molecule has 0 radical (unpaired) electrons. The molecule has 0 spiro atoms. The van der Waals surface area contributed by atoms with Crippen molar-refractivity contribution in [3.63, 3.8) is 0 Å². The third-order valence-electron chi connectivity index (χ3n) is 4.02. The lowest BCUT2D eigenvalue weighted by atomic mass is 10.1. The molecule has 1 amide bonds. The van der Waals surface area contributed by atoms with Crippen molar-refractivity contribution in [1.82, 2.24) is 0 Å². The molecule has 7 heteroatoms. The van der Waals surface area contributed by atoms with Crippen LogP contribution < -0.4 is 15.5 Å². The van der Waals surface area contributed by atoms with E-state index in [0.29, 0.717) is 19.6 Å². The van der Waals surface area contributed by atoms with Crippen LogP contribution in [-0.4, -0.2) is 50.3 Å². The van der Waals surface area contributed by atoms with Crippen LogP contribution >= 0.6 is 0 Å². The topological polar surface area (TPSA) is 75.9 Å². The van der Waals surface area contributed by atoms with Gasteiger partial charge in [0, 0.05) is 30.9 Å². The standard InChI is InChI=1S/C15H18FN3O3/c16-13-9-18(6-5-14(13)20)10-1-3-11(4-2-10)19-8-12(7-17)22-15(19)21/h1-4,12-13H,5-9,17H2/t12?,13-/m0/s1. The van der Waals surface area contributed by atoms with Crippen LogP contribution in [0.25, 0.3) is 0 Å². The summed E-state index contributed by atoms with van der Waals surface area (Å²) in [5.74, 6) is -0.333. The molecule has 0 aliphatic carbocycles. The minimum atomic E-state index is -1.42. The molecule has 6 nitrogen and oxygen atoms in total. The van der Waals surface area contributed by atoms with Crippen LogP contribution in [0.3, 0.4) is 0 Å². The van der Waals surface area contributed by atoms with E-state index < -0.39 is 12.3 Å². The highest BCUT2D eigenvalue weighted by Gasteiger charge is 2.31.